The van der Waals surface area contributed by atoms with Crippen molar-refractivity contribution >= 4 is 11.8 Å². The summed E-state index contributed by atoms with van der Waals surface area (Å²) in [5.74, 6) is 6.33. The van der Waals surface area contributed by atoms with E-state index in [1.54, 1.807) is 12.1 Å². The van der Waals surface area contributed by atoms with Crippen LogP contribution in [0.15, 0.2) is 35.7 Å². The number of benzene rings is 1. The molecule has 1 heterocycles. The highest BCUT2D eigenvalue weighted by molar-refractivity contribution is 7.98. The van der Waals surface area contributed by atoms with Crippen molar-refractivity contribution in [3.63, 3.8) is 0 Å². The molecule has 0 atom stereocenters. The summed E-state index contributed by atoms with van der Waals surface area (Å²) in [6.07, 6.45) is 1.46. The van der Waals surface area contributed by atoms with Gasteiger partial charge in [-0.2, -0.15) is 5.26 Å². The van der Waals surface area contributed by atoms with E-state index in [1.807, 2.05) is 12.1 Å². The average Bonchev–Trinajstić information content (AvgIpc) is 2.73. The zero-order chi connectivity index (χ0) is 11.4. The van der Waals surface area contributed by atoms with Crippen molar-refractivity contribution in [2.24, 2.45) is 0 Å². The van der Waals surface area contributed by atoms with Crippen LogP contribution in [0.5, 0.6) is 0 Å². The fourth-order valence-electron chi connectivity index (χ4n) is 1.16. The van der Waals surface area contributed by atoms with Crippen LogP contribution in [0.3, 0.4) is 0 Å². The van der Waals surface area contributed by atoms with Crippen LogP contribution in [0.4, 0.5) is 0 Å². The van der Waals surface area contributed by atoms with Crippen molar-refractivity contribution in [2.45, 2.75) is 10.9 Å². The molecular weight excluding hydrogens is 222 g/mol. The number of hydrogen-bond donors (Lipinski definition) is 1. The maximum atomic E-state index is 8.65. The van der Waals surface area contributed by atoms with E-state index in [2.05, 4.69) is 16.3 Å². The summed E-state index contributed by atoms with van der Waals surface area (Å²) in [7, 11) is 0. The third kappa shape index (κ3) is 2.32. The van der Waals surface area contributed by atoms with Gasteiger partial charge in [0.05, 0.1) is 11.6 Å². The predicted molar refractivity (Wildman–Crippen MR) is 60.9 cm³/mol. The summed E-state index contributed by atoms with van der Waals surface area (Å²) in [5.41, 5.74) is 1.78. The lowest BCUT2D eigenvalue weighted by atomic mass is 10.2. The van der Waals surface area contributed by atoms with Gasteiger partial charge in [0.15, 0.2) is 0 Å². The summed E-state index contributed by atoms with van der Waals surface area (Å²) < 4.78 is 1.38. The van der Waals surface area contributed by atoms with Crippen LogP contribution in [-0.2, 0) is 5.75 Å². The molecule has 2 N–H and O–H groups in total. The summed E-state index contributed by atoms with van der Waals surface area (Å²) in [6.45, 7) is 0. The molecule has 0 bridgehead atoms. The zero-order valence-corrected chi connectivity index (χ0v) is 9.18. The molecule has 5 nitrogen and oxygen atoms in total. The van der Waals surface area contributed by atoms with Crippen LogP contribution in [-0.4, -0.2) is 14.9 Å². The molecule has 2 rings (SSSR count). The van der Waals surface area contributed by atoms with Gasteiger partial charge in [-0.25, -0.2) is 4.68 Å². The molecule has 1 aromatic carbocycles. The lowest BCUT2D eigenvalue weighted by Crippen LogP contribution is -2.07. The first-order chi connectivity index (χ1) is 7.79. The third-order valence-electron chi connectivity index (χ3n) is 1.99. The molecule has 16 heavy (non-hydrogen) atoms. The normalized spacial score (nSPS) is 9.94. The van der Waals surface area contributed by atoms with Crippen LogP contribution in [0.1, 0.15) is 11.1 Å². The molecule has 0 saturated carbocycles. The van der Waals surface area contributed by atoms with E-state index < -0.39 is 0 Å². The van der Waals surface area contributed by atoms with E-state index in [0.717, 1.165) is 11.3 Å². The minimum Gasteiger partial charge on any atom is -0.336 e. The Morgan fingerprint density at radius 3 is 2.69 bits per heavy atom. The van der Waals surface area contributed by atoms with Gasteiger partial charge in [0.1, 0.15) is 6.33 Å². The Labute approximate surface area is 96.9 Å². The van der Waals surface area contributed by atoms with Crippen molar-refractivity contribution in [3.8, 4) is 6.07 Å². The lowest BCUT2D eigenvalue weighted by Gasteiger charge is -2.00. The molecule has 0 spiro atoms. The number of thioether (sulfide) groups is 1. The first-order valence-corrected chi connectivity index (χ1v) is 5.55. The predicted octanol–water partition coefficient (Wildman–Crippen LogP) is 1.16. The van der Waals surface area contributed by atoms with Gasteiger partial charge < -0.3 is 5.84 Å². The van der Waals surface area contributed by atoms with Gasteiger partial charge >= 0.3 is 0 Å². The standard InChI is InChI=1S/C10H9N5S/c11-5-8-1-3-9(4-2-8)6-16-10-14-13-7-15(10)12/h1-4,7H,6,12H2. The number of nitrogen functional groups attached to an aromatic ring is 1. The quantitative estimate of drug-likeness (QED) is 0.633. The first-order valence-electron chi connectivity index (χ1n) is 4.56. The number of nitriles is 1. The maximum Gasteiger partial charge on any atom is 0.209 e. The highest BCUT2D eigenvalue weighted by Gasteiger charge is 2.02. The Kier molecular flexibility index (Phi) is 3.08. The van der Waals surface area contributed by atoms with Crippen molar-refractivity contribution < 1.29 is 0 Å². The van der Waals surface area contributed by atoms with Gasteiger partial charge in [0.2, 0.25) is 5.16 Å². The fraction of sp³-hybridized carbons (Fsp3) is 0.100. The largest absolute Gasteiger partial charge is 0.336 e. The monoisotopic (exact) mass is 231 g/mol. The van der Waals surface area contributed by atoms with Crippen molar-refractivity contribution in [1.82, 2.24) is 14.9 Å². The molecule has 0 radical (unpaired) electrons. The second-order valence-corrected chi connectivity index (χ2v) is 4.06. The SMILES string of the molecule is N#Cc1ccc(CSc2nncn2N)cc1. The van der Waals surface area contributed by atoms with Gasteiger partial charge in [-0.15, -0.1) is 10.2 Å². The summed E-state index contributed by atoms with van der Waals surface area (Å²) in [5, 5.41) is 16.9. The van der Waals surface area contributed by atoms with Crippen LogP contribution < -0.4 is 5.84 Å². The number of hydrogen-bond acceptors (Lipinski definition) is 5. The van der Waals surface area contributed by atoms with Crippen molar-refractivity contribution in [2.75, 3.05) is 5.84 Å². The first kappa shape index (κ1) is 10.5. The molecule has 6 heteroatoms. The minimum atomic E-state index is 0.663. The molecule has 0 amide bonds. The van der Waals surface area contributed by atoms with Gasteiger partial charge in [-0.3, -0.25) is 0 Å². The highest BCUT2D eigenvalue weighted by Crippen LogP contribution is 2.19. The molecule has 0 aliphatic rings. The van der Waals surface area contributed by atoms with Crippen molar-refractivity contribution in [3.05, 3.63) is 41.7 Å². The molecule has 80 valence electrons. The lowest BCUT2D eigenvalue weighted by molar-refractivity contribution is 0.846. The topological polar surface area (TPSA) is 80.5 Å². The minimum absolute atomic E-state index is 0.663. The van der Waals surface area contributed by atoms with Gasteiger partial charge in [0.25, 0.3) is 0 Å². The zero-order valence-electron chi connectivity index (χ0n) is 8.37. The Morgan fingerprint density at radius 1 is 1.38 bits per heavy atom. The van der Waals surface area contributed by atoms with E-state index in [1.165, 1.54) is 22.8 Å². The van der Waals surface area contributed by atoms with E-state index in [4.69, 9.17) is 11.1 Å². The molecule has 2 aromatic rings. The smallest absolute Gasteiger partial charge is 0.209 e. The molecule has 0 saturated heterocycles. The molecule has 0 fully saturated rings. The molecule has 0 unspecified atom stereocenters. The maximum absolute atomic E-state index is 8.65. The Balaban J connectivity index is 2.00. The second kappa shape index (κ2) is 4.68. The number of nitrogens with two attached hydrogens (primary N) is 1. The Morgan fingerprint density at radius 2 is 2.12 bits per heavy atom. The third-order valence-corrected chi connectivity index (χ3v) is 3.02. The average molecular weight is 231 g/mol. The van der Waals surface area contributed by atoms with E-state index in [9.17, 15) is 0 Å². The number of aromatic nitrogens is 3. The second-order valence-electron chi connectivity index (χ2n) is 3.12. The van der Waals surface area contributed by atoms with Gasteiger partial charge in [-0.05, 0) is 17.7 Å². The van der Waals surface area contributed by atoms with E-state index >= 15 is 0 Å². The summed E-state index contributed by atoms with van der Waals surface area (Å²) in [6, 6.07) is 9.51. The molecule has 0 aliphatic heterocycles. The van der Waals surface area contributed by atoms with E-state index in [-0.39, 0.29) is 0 Å². The van der Waals surface area contributed by atoms with Crippen LogP contribution in [0.25, 0.3) is 0 Å². The Bertz CT molecular complexity index is 511. The summed E-state index contributed by atoms with van der Waals surface area (Å²) >= 11 is 1.50. The highest BCUT2D eigenvalue weighted by atomic mass is 32.2. The molecule has 0 aliphatic carbocycles. The molecular formula is C10H9N5S. The van der Waals surface area contributed by atoms with Crippen LogP contribution >= 0.6 is 11.8 Å². The molecule has 1 aromatic heterocycles. The van der Waals surface area contributed by atoms with Crippen LogP contribution in [0, 0.1) is 11.3 Å². The van der Waals surface area contributed by atoms with Crippen LogP contribution in [0.2, 0.25) is 0 Å². The fourth-order valence-corrected chi connectivity index (χ4v) is 1.95. The van der Waals surface area contributed by atoms with Crippen molar-refractivity contribution in [1.29, 1.82) is 5.26 Å². The van der Waals surface area contributed by atoms with Gasteiger partial charge in [0, 0.05) is 5.75 Å². The number of rotatable bonds is 3. The summed E-state index contributed by atoms with van der Waals surface area (Å²) in [4.78, 5) is 0. The van der Waals surface area contributed by atoms with Gasteiger partial charge in [-0.1, -0.05) is 23.9 Å². The van der Waals surface area contributed by atoms with E-state index in [0.29, 0.717) is 10.7 Å². The Hall–Kier alpha value is -2.00. The number of nitrogens with zero attached hydrogens (tertiary/aromatic N) is 4.